The fraction of sp³-hybridized carbons (Fsp3) is 0.364. The van der Waals surface area contributed by atoms with Crippen molar-refractivity contribution in [2.45, 2.75) is 39.8 Å². The largest absolute Gasteiger partial charge is 0.494 e. The van der Waals surface area contributed by atoms with E-state index in [4.69, 9.17) is 4.74 Å². The van der Waals surface area contributed by atoms with Crippen LogP contribution in [0.2, 0.25) is 0 Å². The first-order chi connectivity index (χ1) is 13.3. The van der Waals surface area contributed by atoms with Crippen LogP contribution < -0.4 is 15.4 Å². The van der Waals surface area contributed by atoms with E-state index in [2.05, 4.69) is 10.6 Å². The van der Waals surface area contributed by atoms with Crippen molar-refractivity contribution in [1.29, 1.82) is 0 Å². The summed E-state index contributed by atoms with van der Waals surface area (Å²) in [4.78, 5) is 25.1. The van der Waals surface area contributed by atoms with E-state index >= 15 is 0 Å². The van der Waals surface area contributed by atoms with Crippen LogP contribution in [-0.4, -0.2) is 24.5 Å². The van der Waals surface area contributed by atoms with E-state index in [0.717, 1.165) is 11.3 Å². The molecule has 0 saturated carbocycles. The molecular formula is C22H27FN2O3. The van der Waals surface area contributed by atoms with Crippen molar-refractivity contribution in [2.24, 2.45) is 5.92 Å². The van der Waals surface area contributed by atoms with E-state index in [1.165, 1.54) is 18.2 Å². The Hall–Kier alpha value is -2.89. The van der Waals surface area contributed by atoms with E-state index in [1.54, 1.807) is 6.07 Å². The van der Waals surface area contributed by atoms with Crippen molar-refractivity contribution >= 4 is 11.8 Å². The highest BCUT2D eigenvalue weighted by atomic mass is 19.1. The zero-order chi connectivity index (χ0) is 20.7. The van der Waals surface area contributed by atoms with Crippen molar-refractivity contribution < 1.29 is 18.7 Å². The predicted octanol–water partition coefficient (Wildman–Crippen LogP) is 3.86. The minimum absolute atomic E-state index is 0.0829. The maximum absolute atomic E-state index is 13.8. The lowest BCUT2D eigenvalue weighted by Gasteiger charge is -2.24. The number of carbonyl (C=O) groups excluding carboxylic acids is 2. The van der Waals surface area contributed by atoms with Crippen molar-refractivity contribution in [3.05, 3.63) is 65.5 Å². The summed E-state index contributed by atoms with van der Waals surface area (Å²) in [5.74, 6) is -0.947. The third-order valence-electron chi connectivity index (χ3n) is 4.40. The number of amides is 2. The second-order valence-corrected chi connectivity index (χ2v) is 6.91. The third kappa shape index (κ3) is 5.55. The number of benzene rings is 2. The lowest BCUT2D eigenvalue weighted by molar-refractivity contribution is -0.124. The molecular weight excluding hydrogens is 359 g/mol. The van der Waals surface area contributed by atoms with Gasteiger partial charge in [-0.25, -0.2) is 4.39 Å². The molecule has 2 rings (SSSR count). The normalized spacial score (nSPS) is 12.9. The molecule has 150 valence electrons. The van der Waals surface area contributed by atoms with E-state index in [9.17, 15) is 14.0 Å². The lowest BCUT2D eigenvalue weighted by Crippen LogP contribution is -2.50. The van der Waals surface area contributed by atoms with Gasteiger partial charge in [-0.3, -0.25) is 9.59 Å². The minimum Gasteiger partial charge on any atom is -0.494 e. The minimum atomic E-state index is -0.780. The van der Waals surface area contributed by atoms with Crippen molar-refractivity contribution in [1.82, 2.24) is 10.6 Å². The maximum Gasteiger partial charge on any atom is 0.254 e. The number of rotatable bonds is 8. The Balaban J connectivity index is 2.05. The second-order valence-electron chi connectivity index (χ2n) is 6.91. The summed E-state index contributed by atoms with van der Waals surface area (Å²) >= 11 is 0. The van der Waals surface area contributed by atoms with Crippen LogP contribution in [0.5, 0.6) is 5.75 Å². The average molecular weight is 386 g/mol. The molecule has 0 aliphatic rings. The number of hydrogen-bond donors (Lipinski definition) is 2. The molecule has 2 aromatic carbocycles. The quantitative estimate of drug-likeness (QED) is 0.724. The van der Waals surface area contributed by atoms with Gasteiger partial charge >= 0.3 is 0 Å². The van der Waals surface area contributed by atoms with Gasteiger partial charge in [-0.15, -0.1) is 0 Å². The van der Waals surface area contributed by atoms with Gasteiger partial charge in [0.1, 0.15) is 17.6 Å². The monoisotopic (exact) mass is 386 g/mol. The summed E-state index contributed by atoms with van der Waals surface area (Å²) in [6, 6.07) is 12.1. The summed E-state index contributed by atoms with van der Waals surface area (Å²) < 4.78 is 19.3. The molecule has 28 heavy (non-hydrogen) atoms. The first-order valence-electron chi connectivity index (χ1n) is 9.42. The number of hydrogen-bond acceptors (Lipinski definition) is 3. The Bertz CT molecular complexity index is 806. The molecule has 0 bridgehead atoms. The Morgan fingerprint density at radius 3 is 2.21 bits per heavy atom. The lowest BCUT2D eigenvalue weighted by atomic mass is 10.0. The smallest absolute Gasteiger partial charge is 0.254 e. The molecule has 0 saturated heterocycles. The molecule has 2 aromatic rings. The van der Waals surface area contributed by atoms with Gasteiger partial charge in [0.05, 0.1) is 18.2 Å². The van der Waals surface area contributed by atoms with E-state index < -0.39 is 17.8 Å². The Morgan fingerprint density at radius 2 is 1.64 bits per heavy atom. The van der Waals surface area contributed by atoms with Crippen LogP contribution in [0.3, 0.4) is 0 Å². The molecule has 2 N–H and O–H groups in total. The fourth-order valence-corrected chi connectivity index (χ4v) is 2.81. The molecule has 0 heterocycles. The molecule has 6 heteroatoms. The van der Waals surface area contributed by atoms with Crippen LogP contribution in [-0.2, 0) is 4.79 Å². The van der Waals surface area contributed by atoms with Crippen molar-refractivity contribution in [3.63, 3.8) is 0 Å². The first-order valence-corrected chi connectivity index (χ1v) is 9.42. The number of nitrogens with one attached hydrogen (secondary N) is 2. The molecule has 2 amide bonds. The average Bonchev–Trinajstić information content (AvgIpc) is 2.66. The van der Waals surface area contributed by atoms with E-state index in [1.807, 2.05) is 52.0 Å². The molecule has 0 fully saturated rings. The summed E-state index contributed by atoms with van der Waals surface area (Å²) in [6.45, 7) is 8.02. The van der Waals surface area contributed by atoms with Crippen LogP contribution in [0.15, 0.2) is 48.5 Å². The standard InChI is InChI=1S/C22H27FN2O3/c1-5-28-17-12-10-16(11-13-17)15(4)24-22(27)20(14(2)3)25-21(26)18-8-6-7-9-19(18)23/h6-15,20H,5H2,1-4H3,(H,24,27)(H,25,26). The molecule has 2 atom stereocenters. The van der Waals surface area contributed by atoms with Crippen LogP contribution in [0, 0.1) is 11.7 Å². The SMILES string of the molecule is CCOc1ccc(C(C)NC(=O)C(NC(=O)c2ccccc2F)C(C)C)cc1. The Labute approximate surface area is 165 Å². The number of halogens is 1. The number of ether oxygens (including phenoxy) is 1. The zero-order valence-electron chi connectivity index (χ0n) is 16.7. The van der Waals surface area contributed by atoms with Crippen LogP contribution in [0.1, 0.15) is 49.7 Å². The van der Waals surface area contributed by atoms with E-state index in [0.29, 0.717) is 6.61 Å². The summed E-state index contributed by atoms with van der Waals surface area (Å²) in [6.07, 6.45) is 0. The zero-order valence-corrected chi connectivity index (χ0v) is 16.7. The predicted molar refractivity (Wildman–Crippen MR) is 107 cm³/mol. The highest BCUT2D eigenvalue weighted by molar-refractivity contribution is 5.97. The third-order valence-corrected chi connectivity index (χ3v) is 4.40. The fourth-order valence-electron chi connectivity index (χ4n) is 2.81. The molecule has 0 spiro atoms. The van der Waals surface area contributed by atoms with Crippen LogP contribution in [0.25, 0.3) is 0 Å². The van der Waals surface area contributed by atoms with Gasteiger partial charge in [0, 0.05) is 0 Å². The highest BCUT2D eigenvalue weighted by Crippen LogP contribution is 2.18. The van der Waals surface area contributed by atoms with Gasteiger partial charge in [-0.05, 0) is 49.6 Å². The van der Waals surface area contributed by atoms with Gasteiger partial charge in [0.25, 0.3) is 5.91 Å². The molecule has 0 aliphatic carbocycles. The molecule has 0 radical (unpaired) electrons. The van der Waals surface area contributed by atoms with E-state index in [-0.39, 0.29) is 23.4 Å². The van der Waals surface area contributed by atoms with Gasteiger partial charge in [-0.2, -0.15) is 0 Å². The topological polar surface area (TPSA) is 67.4 Å². The second kappa shape index (κ2) is 9.88. The number of carbonyl (C=O) groups is 2. The Kier molecular flexibility index (Phi) is 7.55. The summed E-state index contributed by atoms with van der Waals surface area (Å²) in [5.41, 5.74) is 0.834. The molecule has 0 aromatic heterocycles. The van der Waals surface area contributed by atoms with Crippen molar-refractivity contribution in [3.8, 4) is 5.75 Å². The van der Waals surface area contributed by atoms with Crippen molar-refractivity contribution in [2.75, 3.05) is 6.61 Å². The van der Waals surface area contributed by atoms with Gasteiger partial charge < -0.3 is 15.4 Å². The Morgan fingerprint density at radius 1 is 1.00 bits per heavy atom. The van der Waals surface area contributed by atoms with Gasteiger partial charge in [0.15, 0.2) is 0 Å². The molecule has 0 aliphatic heterocycles. The summed E-state index contributed by atoms with van der Waals surface area (Å²) in [5, 5.41) is 5.56. The maximum atomic E-state index is 13.8. The highest BCUT2D eigenvalue weighted by Gasteiger charge is 2.26. The summed E-state index contributed by atoms with van der Waals surface area (Å²) in [7, 11) is 0. The first kappa shape index (κ1) is 21.4. The molecule has 2 unspecified atom stereocenters. The van der Waals surface area contributed by atoms with Crippen LogP contribution in [0.4, 0.5) is 4.39 Å². The van der Waals surface area contributed by atoms with Gasteiger partial charge in [-0.1, -0.05) is 38.1 Å². The van der Waals surface area contributed by atoms with Gasteiger partial charge in [0.2, 0.25) is 5.91 Å². The molecule has 5 nitrogen and oxygen atoms in total. The van der Waals surface area contributed by atoms with Crippen LogP contribution >= 0.6 is 0 Å².